The minimum absolute atomic E-state index is 0.00155. The van der Waals surface area contributed by atoms with Gasteiger partial charge in [-0.15, -0.1) is 0 Å². The van der Waals surface area contributed by atoms with Crippen LogP contribution in [0.1, 0.15) is 11.3 Å². The van der Waals surface area contributed by atoms with Crippen LogP contribution in [0.4, 0.5) is 0 Å². The lowest BCUT2D eigenvalue weighted by Crippen LogP contribution is -2.43. The summed E-state index contributed by atoms with van der Waals surface area (Å²) in [6.45, 7) is 1.41. The van der Waals surface area contributed by atoms with Crippen molar-refractivity contribution in [2.24, 2.45) is 4.99 Å². The maximum absolute atomic E-state index is 12.3. The summed E-state index contributed by atoms with van der Waals surface area (Å²) >= 11 is 0. The first-order valence-electron chi connectivity index (χ1n) is 8.83. The number of benzene rings is 1. The zero-order valence-electron chi connectivity index (χ0n) is 16.1. The van der Waals surface area contributed by atoms with E-state index in [2.05, 4.69) is 20.6 Å². The van der Waals surface area contributed by atoms with Gasteiger partial charge in [-0.2, -0.15) is 0 Å². The van der Waals surface area contributed by atoms with Crippen LogP contribution in [0.2, 0.25) is 0 Å². The van der Waals surface area contributed by atoms with Crippen molar-refractivity contribution >= 4 is 11.9 Å². The summed E-state index contributed by atoms with van der Waals surface area (Å²) in [7, 11) is 5.11. The Morgan fingerprint density at radius 1 is 1.19 bits per heavy atom. The molecule has 2 N–H and O–H groups in total. The Hall–Kier alpha value is -3.09. The molecule has 2 aromatic rings. The molecule has 2 rings (SSSR count). The summed E-state index contributed by atoms with van der Waals surface area (Å²) in [5.41, 5.74) is 2.07. The Kier molecular flexibility index (Phi) is 8.09. The lowest BCUT2D eigenvalue weighted by atomic mass is 10.2. The number of guanidine groups is 1. The van der Waals surface area contributed by atoms with E-state index in [4.69, 9.17) is 4.74 Å². The van der Waals surface area contributed by atoms with E-state index < -0.39 is 0 Å². The van der Waals surface area contributed by atoms with Gasteiger partial charge in [0.2, 0.25) is 5.91 Å². The van der Waals surface area contributed by atoms with E-state index in [0.717, 1.165) is 23.4 Å². The van der Waals surface area contributed by atoms with E-state index in [1.165, 1.54) is 0 Å². The molecule has 0 radical (unpaired) electrons. The molecule has 1 aromatic heterocycles. The van der Waals surface area contributed by atoms with Gasteiger partial charge in [0.15, 0.2) is 5.96 Å². The van der Waals surface area contributed by atoms with Crippen LogP contribution < -0.4 is 15.4 Å². The van der Waals surface area contributed by atoms with Gasteiger partial charge < -0.3 is 20.3 Å². The Labute approximate surface area is 160 Å². The van der Waals surface area contributed by atoms with Gasteiger partial charge in [-0.25, -0.2) is 0 Å². The molecule has 0 saturated carbocycles. The minimum atomic E-state index is -0.00155. The van der Waals surface area contributed by atoms with Crippen molar-refractivity contribution in [2.45, 2.75) is 13.0 Å². The first-order valence-corrected chi connectivity index (χ1v) is 8.83. The zero-order valence-corrected chi connectivity index (χ0v) is 16.1. The summed E-state index contributed by atoms with van der Waals surface area (Å²) in [5, 5.41) is 6.24. The molecule has 1 aromatic carbocycles. The van der Waals surface area contributed by atoms with Gasteiger partial charge in [0.1, 0.15) is 5.75 Å². The highest BCUT2D eigenvalue weighted by molar-refractivity contribution is 5.86. The van der Waals surface area contributed by atoms with Gasteiger partial charge in [0.05, 0.1) is 13.7 Å². The van der Waals surface area contributed by atoms with Crippen molar-refractivity contribution in [1.82, 2.24) is 20.5 Å². The largest absolute Gasteiger partial charge is 0.497 e. The number of nitrogens with zero attached hydrogens (tertiary/aromatic N) is 3. The molecule has 0 saturated heterocycles. The van der Waals surface area contributed by atoms with Crippen LogP contribution in [0, 0.1) is 0 Å². The molecule has 7 nitrogen and oxygen atoms in total. The summed E-state index contributed by atoms with van der Waals surface area (Å²) in [6.07, 6.45) is 2.49. The number of methoxy groups -OCH3 is 1. The van der Waals surface area contributed by atoms with E-state index in [-0.39, 0.29) is 12.5 Å². The fourth-order valence-electron chi connectivity index (χ4n) is 2.40. The smallest absolute Gasteiger partial charge is 0.241 e. The van der Waals surface area contributed by atoms with E-state index in [1.807, 2.05) is 42.5 Å². The van der Waals surface area contributed by atoms with Gasteiger partial charge in [-0.05, 0) is 29.8 Å². The third-order valence-electron chi connectivity index (χ3n) is 4.10. The van der Waals surface area contributed by atoms with Crippen LogP contribution in [0.15, 0.2) is 53.7 Å². The number of hydrogen-bond acceptors (Lipinski definition) is 4. The number of nitrogens with one attached hydrogen (secondary N) is 2. The van der Waals surface area contributed by atoms with Crippen molar-refractivity contribution in [3.63, 3.8) is 0 Å². The average Bonchev–Trinajstić information content (AvgIpc) is 2.73. The van der Waals surface area contributed by atoms with E-state index in [9.17, 15) is 4.79 Å². The van der Waals surface area contributed by atoms with Gasteiger partial charge in [0, 0.05) is 45.5 Å². The first kappa shape index (κ1) is 20.2. The molecule has 0 unspecified atom stereocenters. The number of pyridine rings is 1. The molecule has 1 heterocycles. The molecule has 0 spiro atoms. The normalized spacial score (nSPS) is 11.0. The highest BCUT2D eigenvalue weighted by Crippen LogP contribution is 2.10. The van der Waals surface area contributed by atoms with Crippen LogP contribution in [0.5, 0.6) is 5.75 Å². The Morgan fingerprint density at radius 3 is 2.59 bits per heavy atom. The van der Waals surface area contributed by atoms with E-state index >= 15 is 0 Å². The maximum atomic E-state index is 12.3. The minimum Gasteiger partial charge on any atom is -0.497 e. The molecule has 0 aliphatic carbocycles. The predicted molar refractivity (Wildman–Crippen MR) is 107 cm³/mol. The molecule has 144 valence electrons. The lowest BCUT2D eigenvalue weighted by Gasteiger charge is -2.18. The number of amides is 1. The Balaban J connectivity index is 1.72. The van der Waals surface area contributed by atoms with E-state index in [1.54, 1.807) is 32.3 Å². The number of ether oxygens (including phenoxy) is 1. The number of likely N-dealkylation sites (N-methyl/N-ethyl adjacent to an activating group) is 1. The van der Waals surface area contributed by atoms with Crippen LogP contribution in [0.3, 0.4) is 0 Å². The topological polar surface area (TPSA) is 78.9 Å². The number of hydrogen-bond donors (Lipinski definition) is 2. The summed E-state index contributed by atoms with van der Waals surface area (Å²) in [4.78, 5) is 22.4. The van der Waals surface area contributed by atoms with Crippen molar-refractivity contribution in [3.05, 3.63) is 59.9 Å². The maximum Gasteiger partial charge on any atom is 0.241 e. The molecule has 7 heteroatoms. The number of aromatic nitrogens is 1. The fourth-order valence-corrected chi connectivity index (χ4v) is 2.40. The number of carbonyl (C=O) groups is 1. The number of aliphatic imine (C=N–C) groups is 1. The van der Waals surface area contributed by atoms with Crippen LogP contribution in [-0.2, 0) is 17.8 Å². The second-order valence-electron chi connectivity index (χ2n) is 6.01. The SMILES string of the molecule is CN=C(NCC(=O)N(C)CCc1ccccn1)NCc1ccc(OC)cc1. The zero-order chi connectivity index (χ0) is 19.5. The molecule has 0 fully saturated rings. The number of rotatable bonds is 8. The summed E-state index contributed by atoms with van der Waals surface area (Å²) < 4.78 is 5.15. The highest BCUT2D eigenvalue weighted by atomic mass is 16.5. The monoisotopic (exact) mass is 369 g/mol. The molecule has 1 amide bonds. The second kappa shape index (κ2) is 10.8. The van der Waals surface area contributed by atoms with Crippen LogP contribution in [0.25, 0.3) is 0 Å². The summed E-state index contributed by atoms with van der Waals surface area (Å²) in [5.74, 6) is 1.40. The predicted octanol–water partition coefficient (Wildman–Crippen LogP) is 1.46. The van der Waals surface area contributed by atoms with Gasteiger partial charge in [0.25, 0.3) is 0 Å². The fraction of sp³-hybridized carbons (Fsp3) is 0.350. The van der Waals surface area contributed by atoms with Gasteiger partial charge in [-0.1, -0.05) is 18.2 Å². The van der Waals surface area contributed by atoms with Crippen LogP contribution >= 0.6 is 0 Å². The highest BCUT2D eigenvalue weighted by Gasteiger charge is 2.10. The van der Waals surface area contributed by atoms with Crippen molar-refractivity contribution in [1.29, 1.82) is 0 Å². The Morgan fingerprint density at radius 2 is 1.96 bits per heavy atom. The molecule has 0 aliphatic heterocycles. The average molecular weight is 369 g/mol. The molecule has 0 bridgehead atoms. The first-order chi connectivity index (χ1) is 13.1. The molecule has 0 atom stereocenters. The third-order valence-corrected chi connectivity index (χ3v) is 4.10. The van der Waals surface area contributed by atoms with Crippen LogP contribution in [-0.4, -0.2) is 56.0 Å². The Bertz CT molecular complexity index is 732. The second-order valence-corrected chi connectivity index (χ2v) is 6.01. The van der Waals surface area contributed by atoms with Gasteiger partial charge in [-0.3, -0.25) is 14.8 Å². The number of carbonyl (C=O) groups excluding carboxylic acids is 1. The third kappa shape index (κ3) is 6.97. The van der Waals surface area contributed by atoms with Crippen molar-refractivity contribution in [3.8, 4) is 5.75 Å². The molecular formula is C20H27N5O2. The van der Waals surface area contributed by atoms with Crippen molar-refractivity contribution in [2.75, 3.05) is 34.3 Å². The summed E-state index contributed by atoms with van der Waals surface area (Å²) in [6, 6.07) is 13.6. The molecule has 0 aliphatic rings. The molecular weight excluding hydrogens is 342 g/mol. The van der Waals surface area contributed by atoms with Crippen molar-refractivity contribution < 1.29 is 9.53 Å². The molecule has 27 heavy (non-hydrogen) atoms. The lowest BCUT2D eigenvalue weighted by molar-refractivity contribution is -0.128. The van der Waals surface area contributed by atoms with E-state index in [0.29, 0.717) is 19.0 Å². The van der Waals surface area contributed by atoms with Gasteiger partial charge >= 0.3 is 0 Å². The standard InChI is InChI=1S/C20H27N5O2/c1-21-20(23-14-16-7-9-18(27-3)10-8-16)24-15-19(26)25(2)13-11-17-6-4-5-12-22-17/h4-10,12H,11,13-15H2,1-3H3,(H2,21,23,24). The quantitative estimate of drug-likeness (QED) is 0.544.